The second-order valence-corrected chi connectivity index (χ2v) is 7.96. The molecule has 1 aromatic rings. The smallest absolute Gasteiger partial charge is 0.338 e. The van der Waals surface area contributed by atoms with Crippen molar-refractivity contribution in [1.82, 2.24) is 20.0 Å². The van der Waals surface area contributed by atoms with Gasteiger partial charge in [0.2, 0.25) is 11.8 Å². The molecule has 0 aliphatic carbocycles. The lowest BCUT2D eigenvalue weighted by molar-refractivity contribution is -0.139. The summed E-state index contributed by atoms with van der Waals surface area (Å²) >= 11 is 0. The van der Waals surface area contributed by atoms with E-state index in [9.17, 15) is 14.4 Å². The van der Waals surface area contributed by atoms with Gasteiger partial charge in [0.1, 0.15) is 6.04 Å². The number of aromatic nitrogens is 2. The molecule has 1 aliphatic heterocycles. The van der Waals surface area contributed by atoms with Gasteiger partial charge in [-0.3, -0.25) is 14.3 Å². The number of carboxylic acids is 1. The SMILES string of the molecule is CC(C)CC(=O)NC(C(=O)N1CCC(n2cc(C(=O)O)cn2)CC1)C(C)C. The van der Waals surface area contributed by atoms with Crippen LogP contribution in [0.4, 0.5) is 0 Å². The molecule has 2 amide bonds. The van der Waals surface area contributed by atoms with E-state index >= 15 is 0 Å². The highest BCUT2D eigenvalue weighted by atomic mass is 16.4. The van der Waals surface area contributed by atoms with Crippen molar-refractivity contribution in [1.29, 1.82) is 0 Å². The van der Waals surface area contributed by atoms with E-state index in [1.165, 1.54) is 12.4 Å². The van der Waals surface area contributed by atoms with Crippen molar-refractivity contribution < 1.29 is 19.5 Å². The molecule has 2 heterocycles. The number of nitrogens with one attached hydrogen (secondary N) is 1. The number of aromatic carboxylic acids is 1. The predicted octanol–water partition coefficient (Wildman–Crippen LogP) is 1.93. The van der Waals surface area contributed by atoms with Gasteiger partial charge >= 0.3 is 5.97 Å². The van der Waals surface area contributed by atoms with Crippen molar-refractivity contribution in [3.8, 4) is 0 Å². The lowest BCUT2D eigenvalue weighted by atomic mass is 9.99. The third kappa shape index (κ3) is 5.55. The van der Waals surface area contributed by atoms with Crippen LogP contribution in [0.5, 0.6) is 0 Å². The lowest BCUT2D eigenvalue weighted by Crippen LogP contribution is -2.53. The van der Waals surface area contributed by atoms with E-state index in [1.54, 1.807) is 9.58 Å². The summed E-state index contributed by atoms with van der Waals surface area (Å²) in [6.07, 6.45) is 4.70. The fraction of sp³-hybridized carbons (Fsp3) is 0.684. The average molecular weight is 378 g/mol. The molecule has 8 nitrogen and oxygen atoms in total. The Morgan fingerprint density at radius 3 is 2.33 bits per heavy atom. The van der Waals surface area contributed by atoms with Gasteiger partial charge in [-0.05, 0) is 24.7 Å². The molecule has 1 fully saturated rings. The first kappa shape index (κ1) is 20.9. The van der Waals surface area contributed by atoms with Crippen molar-refractivity contribution in [2.75, 3.05) is 13.1 Å². The molecule has 150 valence electrons. The normalized spacial score (nSPS) is 16.6. The lowest BCUT2D eigenvalue weighted by Gasteiger charge is -2.35. The maximum absolute atomic E-state index is 12.9. The molecule has 2 N–H and O–H groups in total. The minimum absolute atomic E-state index is 0.00979. The zero-order valence-electron chi connectivity index (χ0n) is 16.5. The van der Waals surface area contributed by atoms with E-state index in [2.05, 4.69) is 10.4 Å². The molecular weight excluding hydrogens is 348 g/mol. The van der Waals surface area contributed by atoms with Gasteiger partial charge in [-0.1, -0.05) is 27.7 Å². The van der Waals surface area contributed by atoms with E-state index in [1.807, 2.05) is 27.7 Å². The van der Waals surface area contributed by atoms with Crippen LogP contribution in [-0.2, 0) is 9.59 Å². The van der Waals surface area contributed by atoms with Crippen LogP contribution < -0.4 is 5.32 Å². The highest BCUT2D eigenvalue weighted by molar-refractivity contribution is 5.88. The Kier molecular flexibility index (Phi) is 6.98. The van der Waals surface area contributed by atoms with E-state index in [4.69, 9.17) is 5.11 Å². The number of hydrogen-bond donors (Lipinski definition) is 2. The number of carboxylic acid groups (broad SMARTS) is 1. The molecule has 1 aliphatic rings. The highest BCUT2D eigenvalue weighted by Gasteiger charge is 2.32. The van der Waals surface area contributed by atoms with Crippen molar-refractivity contribution in [3.05, 3.63) is 18.0 Å². The monoisotopic (exact) mass is 378 g/mol. The second kappa shape index (κ2) is 9.01. The van der Waals surface area contributed by atoms with Crippen LogP contribution in [0, 0.1) is 11.8 Å². The Labute approximate surface area is 159 Å². The predicted molar refractivity (Wildman–Crippen MR) is 100 cm³/mol. The van der Waals surface area contributed by atoms with Gasteiger partial charge in [0.15, 0.2) is 0 Å². The summed E-state index contributed by atoms with van der Waals surface area (Å²) in [7, 11) is 0. The zero-order chi connectivity index (χ0) is 20.1. The van der Waals surface area contributed by atoms with E-state index in [-0.39, 0.29) is 35.3 Å². The number of amides is 2. The molecular formula is C19H30N4O4. The van der Waals surface area contributed by atoms with Crippen LogP contribution in [0.15, 0.2) is 12.4 Å². The Morgan fingerprint density at radius 1 is 1.22 bits per heavy atom. The van der Waals surface area contributed by atoms with Crippen LogP contribution in [0.1, 0.15) is 63.4 Å². The van der Waals surface area contributed by atoms with Crippen molar-refractivity contribution >= 4 is 17.8 Å². The summed E-state index contributed by atoms with van der Waals surface area (Å²) in [6.45, 7) is 8.94. The maximum Gasteiger partial charge on any atom is 0.338 e. The molecule has 1 atom stereocenters. The summed E-state index contributed by atoms with van der Waals surface area (Å²) < 4.78 is 1.68. The van der Waals surface area contributed by atoms with Crippen LogP contribution in [0.25, 0.3) is 0 Å². The fourth-order valence-electron chi connectivity index (χ4n) is 3.31. The average Bonchev–Trinajstić information content (AvgIpc) is 3.09. The molecule has 0 aromatic carbocycles. The summed E-state index contributed by atoms with van der Waals surface area (Å²) in [6, 6.07) is -0.439. The Morgan fingerprint density at radius 2 is 1.85 bits per heavy atom. The van der Waals surface area contributed by atoms with Crippen molar-refractivity contribution in [2.45, 2.75) is 59.0 Å². The first-order chi connectivity index (χ1) is 12.7. The molecule has 27 heavy (non-hydrogen) atoms. The number of nitrogens with zero attached hydrogens (tertiary/aromatic N) is 3. The van der Waals surface area contributed by atoms with Gasteiger partial charge in [0, 0.05) is 25.7 Å². The van der Waals surface area contributed by atoms with E-state index in [0.29, 0.717) is 32.4 Å². The summed E-state index contributed by atoms with van der Waals surface area (Å²) in [5.74, 6) is -0.883. The number of rotatable bonds is 7. The number of carbonyl (C=O) groups is 3. The first-order valence-corrected chi connectivity index (χ1v) is 9.54. The summed E-state index contributed by atoms with van der Waals surface area (Å²) in [4.78, 5) is 37.8. The molecule has 0 radical (unpaired) electrons. The van der Waals surface area contributed by atoms with Gasteiger partial charge in [0.25, 0.3) is 0 Å². The second-order valence-electron chi connectivity index (χ2n) is 7.96. The standard InChI is InChI=1S/C19H30N4O4/c1-12(2)9-16(24)21-17(13(3)4)18(25)22-7-5-15(6-8-22)23-11-14(10-20-23)19(26)27/h10-13,15,17H,5-9H2,1-4H3,(H,21,24)(H,26,27). The highest BCUT2D eigenvalue weighted by Crippen LogP contribution is 2.23. The molecule has 1 aromatic heterocycles. The summed E-state index contributed by atoms with van der Waals surface area (Å²) in [5.41, 5.74) is 0.168. The number of hydrogen-bond acceptors (Lipinski definition) is 4. The molecule has 2 rings (SSSR count). The number of carbonyl (C=O) groups excluding carboxylic acids is 2. The molecule has 0 bridgehead atoms. The number of likely N-dealkylation sites (tertiary alicyclic amines) is 1. The fourth-order valence-corrected chi connectivity index (χ4v) is 3.31. The zero-order valence-corrected chi connectivity index (χ0v) is 16.5. The van der Waals surface area contributed by atoms with Crippen LogP contribution in [-0.4, -0.2) is 56.7 Å². The maximum atomic E-state index is 12.9. The summed E-state index contributed by atoms with van der Waals surface area (Å²) in [5, 5.41) is 16.0. The van der Waals surface area contributed by atoms with Crippen LogP contribution in [0.2, 0.25) is 0 Å². The van der Waals surface area contributed by atoms with Crippen molar-refractivity contribution in [2.24, 2.45) is 11.8 Å². The Balaban J connectivity index is 1.94. The van der Waals surface area contributed by atoms with Gasteiger partial charge in [-0.2, -0.15) is 5.10 Å². The third-order valence-corrected chi connectivity index (χ3v) is 4.84. The molecule has 0 saturated carbocycles. The molecule has 1 unspecified atom stereocenters. The molecule has 8 heteroatoms. The van der Waals surface area contributed by atoms with E-state index < -0.39 is 12.0 Å². The van der Waals surface area contributed by atoms with E-state index in [0.717, 1.165) is 0 Å². The Bertz CT molecular complexity index is 675. The first-order valence-electron chi connectivity index (χ1n) is 9.54. The van der Waals surface area contributed by atoms with Crippen LogP contribution >= 0.6 is 0 Å². The quantitative estimate of drug-likeness (QED) is 0.754. The van der Waals surface area contributed by atoms with Crippen LogP contribution in [0.3, 0.4) is 0 Å². The number of piperidine rings is 1. The van der Waals surface area contributed by atoms with Gasteiger partial charge in [-0.25, -0.2) is 4.79 Å². The molecule has 1 saturated heterocycles. The topological polar surface area (TPSA) is 105 Å². The Hall–Kier alpha value is -2.38. The third-order valence-electron chi connectivity index (χ3n) is 4.84. The van der Waals surface area contributed by atoms with Gasteiger partial charge in [0.05, 0.1) is 17.8 Å². The van der Waals surface area contributed by atoms with Crippen molar-refractivity contribution in [3.63, 3.8) is 0 Å². The minimum Gasteiger partial charge on any atom is -0.478 e. The molecule has 0 spiro atoms. The minimum atomic E-state index is -0.995. The van der Waals surface area contributed by atoms with Gasteiger partial charge < -0.3 is 15.3 Å². The largest absolute Gasteiger partial charge is 0.478 e. The van der Waals surface area contributed by atoms with Gasteiger partial charge in [-0.15, -0.1) is 0 Å².